The van der Waals surface area contributed by atoms with Crippen LogP contribution in [0.5, 0.6) is 0 Å². The van der Waals surface area contributed by atoms with E-state index in [1.54, 1.807) is 12.1 Å². The monoisotopic (exact) mass is 621 g/mol. The molecule has 2 aliphatic heterocycles. The van der Waals surface area contributed by atoms with Crippen molar-refractivity contribution in [1.29, 1.82) is 0 Å². The van der Waals surface area contributed by atoms with E-state index in [0.29, 0.717) is 56.3 Å². The van der Waals surface area contributed by atoms with Crippen LogP contribution in [0, 0.1) is 5.92 Å². The Morgan fingerprint density at radius 2 is 1.68 bits per heavy atom. The SMILES string of the molecule is O=C(CC1NCc2ccccc21)NC(Cc1ccc(Cl)cc1)C(=O)NCCNC(CCN1C(=O)CCC1=O)C1CCCCC1. The van der Waals surface area contributed by atoms with E-state index in [0.717, 1.165) is 30.5 Å². The number of halogens is 1. The Bertz CT molecular complexity index is 1300. The van der Waals surface area contributed by atoms with Crippen LogP contribution in [0.3, 0.4) is 0 Å². The molecule has 4 amide bonds. The number of hydrogen-bond donors (Lipinski definition) is 4. The van der Waals surface area contributed by atoms with Crippen LogP contribution < -0.4 is 21.3 Å². The molecule has 2 aromatic carbocycles. The first kappa shape index (κ1) is 32.1. The third-order valence-electron chi connectivity index (χ3n) is 9.23. The Morgan fingerprint density at radius 1 is 0.955 bits per heavy atom. The molecule has 0 bridgehead atoms. The largest absolute Gasteiger partial charge is 0.353 e. The van der Waals surface area contributed by atoms with E-state index in [9.17, 15) is 19.2 Å². The molecule has 5 rings (SSSR count). The molecule has 2 aromatic rings. The predicted octanol–water partition coefficient (Wildman–Crippen LogP) is 3.80. The van der Waals surface area contributed by atoms with E-state index in [-0.39, 0.29) is 42.1 Å². The van der Waals surface area contributed by atoms with Gasteiger partial charge in [0.2, 0.25) is 23.6 Å². The maximum atomic E-state index is 13.4. The van der Waals surface area contributed by atoms with E-state index in [1.165, 1.54) is 29.7 Å². The number of carbonyl (C=O) groups is 4. The molecular weight excluding hydrogens is 578 g/mol. The van der Waals surface area contributed by atoms with Gasteiger partial charge in [-0.25, -0.2) is 0 Å². The smallest absolute Gasteiger partial charge is 0.242 e. The molecule has 236 valence electrons. The number of nitrogens with one attached hydrogen (secondary N) is 4. The number of rotatable bonds is 14. The van der Waals surface area contributed by atoms with E-state index >= 15 is 0 Å². The van der Waals surface area contributed by atoms with Gasteiger partial charge in [0.25, 0.3) is 0 Å². The van der Waals surface area contributed by atoms with E-state index in [4.69, 9.17) is 11.6 Å². The van der Waals surface area contributed by atoms with Crippen molar-refractivity contribution in [3.05, 3.63) is 70.2 Å². The van der Waals surface area contributed by atoms with Gasteiger partial charge >= 0.3 is 0 Å². The number of carbonyl (C=O) groups excluding carboxylic acids is 4. The van der Waals surface area contributed by atoms with E-state index in [2.05, 4.69) is 27.3 Å². The van der Waals surface area contributed by atoms with Crippen LogP contribution in [0.15, 0.2) is 48.5 Å². The van der Waals surface area contributed by atoms with Crippen molar-refractivity contribution in [3.8, 4) is 0 Å². The van der Waals surface area contributed by atoms with Gasteiger partial charge in [-0.2, -0.15) is 0 Å². The molecular formula is C34H44ClN5O4. The summed E-state index contributed by atoms with van der Waals surface area (Å²) < 4.78 is 0. The molecule has 3 unspecified atom stereocenters. The second kappa shape index (κ2) is 15.6. The van der Waals surface area contributed by atoms with Crippen molar-refractivity contribution in [3.63, 3.8) is 0 Å². The number of imide groups is 1. The zero-order valence-electron chi connectivity index (χ0n) is 25.3. The third-order valence-corrected chi connectivity index (χ3v) is 9.48. The van der Waals surface area contributed by atoms with Crippen molar-refractivity contribution in [2.75, 3.05) is 19.6 Å². The lowest BCUT2D eigenvalue weighted by Gasteiger charge is -2.32. The lowest BCUT2D eigenvalue weighted by molar-refractivity contribution is -0.138. The summed E-state index contributed by atoms with van der Waals surface area (Å²) in [5.74, 6) is -0.0941. The summed E-state index contributed by atoms with van der Waals surface area (Å²) in [5.41, 5.74) is 3.22. The molecule has 0 spiro atoms. The van der Waals surface area contributed by atoms with Gasteiger partial charge in [0.15, 0.2) is 0 Å². The normalized spacial score (nSPS) is 19.9. The summed E-state index contributed by atoms with van der Waals surface area (Å²) in [6.45, 7) is 2.11. The number of likely N-dealkylation sites (tertiary alicyclic amines) is 1. The fourth-order valence-corrected chi connectivity index (χ4v) is 6.94. The van der Waals surface area contributed by atoms with Crippen LogP contribution in [0.1, 0.15) is 80.5 Å². The average molecular weight is 622 g/mol. The Labute approximate surface area is 264 Å². The summed E-state index contributed by atoms with van der Waals surface area (Å²) in [7, 11) is 0. The van der Waals surface area contributed by atoms with Gasteiger partial charge in [0.1, 0.15) is 6.04 Å². The second-order valence-corrected chi connectivity index (χ2v) is 12.7. The van der Waals surface area contributed by atoms with Crippen LogP contribution in [-0.4, -0.2) is 60.2 Å². The quantitative estimate of drug-likeness (QED) is 0.188. The first-order chi connectivity index (χ1) is 21.4. The maximum Gasteiger partial charge on any atom is 0.242 e. The van der Waals surface area contributed by atoms with E-state index in [1.807, 2.05) is 30.3 Å². The molecule has 3 atom stereocenters. The summed E-state index contributed by atoms with van der Waals surface area (Å²) in [5, 5.41) is 13.6. The molecule has 3 aliphatic rings. The Morgan fingerprint density at radius 3 is 2.43 bits per heavy atom. The number of fused-ring (bicyclic) bond motifs is 1. The van der Waals surface area contributed by atoms with Gasteiger partial charge in [-0.15, -0.1) is 0 Å². The number of nitrogens with zero attached hydrogens (tertiary/aromatic N) is 1. The first-order valence-electron chi connectivity index (χ1n) is 16.1. The zero-order valence-corrected chi connectivity index (χ0v) is 26.0. The highest BCUT2D eigenvalue weighted by Gasteiger charge is 2.31. The number of hydrogen-bond acceptors (Lipinski definition) is 6. The molecule has 0 radical (unpaired) electrons. The standard InChI is InChI=1S/C34H44ClN5O4/c35-26-12-10-23(11-13-26)20-30(39-31(41)21-29-27-9-5-4-8-25(27)22-38-29)34(44)37-18-17-36-28(24-6-2-1-3-7-24)16-19-40-32(42)14-15-33(40)43/h4-5,8-13,24,28-30,36,38H,1-3,6-7,14-22H2,(H,37,44)(H,39,41). The molecule has 2 fully saturated rings. The Balaban J connectivity index is 1.16. The minimum absolute atomic E-state index is 0.0774. The summed E-state index contributed by atoms with van der Waals surface area (Å²) in [6.07, 6.45) is 7.80. The average Bonchev–Trinajstić information content (AvgIpc) is 3.59. The summed E-state index contributed by atoms with van der Waals surface area (Å²) in [4.78, 5) is 52.3. The first-order valence-corrected chi connectivity index (χ1v) is 16.4. The van der Waals surface area contributed by atoms with Crippen LogP contribution in [0.25, 0.3) is 0 Å². The molecule has 2 heterocycles. The highest BCUT2D eigenvalue weighted by Crippen LogP contribution is 2.29. The summed E-state index contributed by atoms with van der Waals surface area (Å²) in [6, 6.07) is 14.7. The highest BCUT2D eigenvalue weighted by molar-refractivity contribution is 6.30. The zero-order chi connectivity index (χ0) is 30.9. The van der Waals surface area contributed by atoms with Crippen LogP contribution in [-0.2, 0) is 32.1 Å². The van der Waals surface area contributed by atoms with Crippen molar-refractivity contribution < 1.29 is 19.2 Å². The van der Waals surface area contributed by atoms with Gasteiger partial charge in [-0.05, 0) is 54.0 Å². The van der Waals surface area contributed by atoms with Crippen LogP contribution in [0.2, 0.25) is 5.02 Å². The van der Waals surface area contributed by atoms with Gasteiger partial charge in [-0.1, -0.05) is 67.3 Å². The number of benzene rings is 2. The molecule has 10 heteroatoms. The van der Waals surface area contributed by atoms with Crippen molar-refractivity contribution >= 4 is 35.2 Å². The predicted molar refractivity (Wildman–Crippen MR) is 170 cm³/mol. The molecule has 44 heavy (non-hydrogen) atoms. The molecule has 4 N–H and O–H groups in total. The molecule has 1 aliphatic carbocycles. The third kappa shape index (κ3) is 8.67. The van der Waals surface area contributed by atoms with Gasteiger partial charge in [0, 0.05) is 69.0 Å². The van der Waals surface area contributed by atoms with Gasteiger partial charge < -0.3 is 21.3 Å². The fourth-order valence-electron chi connectivity index (χ4n) is 6.81. The maximum absolute atomic E-state index is 13.4. The van der Waals surface area contributed by atoms with Gasteiger partial charge in [-0.3, -0.25) is 24.1 Å². The lowest BCUT2D eigenvalue weighted by atomic mass is 9.82. The fraction of sp³-hybridized carbons (Fsp3) is 0.529. The molecule has 9 nitrogen and oxygen atoms in total. The Hall–Kier alpha value is -3.27. The molecule has 0 aromatic heterocycles. The van der Waals surface area contributed by atoms with Crippen molar-refractivity contribution in [1.82, 2.24) is 26.2 Å². The van der Waals surface area contributed by atoms with Gasteiger partial charge in [0.05, 0.1) is 0 Å². The van der Waals surface area contributed by atoms with Crippen LogP contribution in [0.4, 0.5) is 0 Å². The molecule has 1 saturated heterocycles. The number of amides is 4. The minimum Gasteiger partial charge on any atom is -0.353 e. The minimum atomic E-state index is -0.735. The molecule has 1 saturated carbocycles. The second-order valence-electron chi connectivity index (χ2n) is 12.3. The van der Waals surface area contributed by atoms with E-state index < -0.39 is 6.04 Å². The van der Waals surface area contributed by atoms with Crippen molar-refractivity contribution in [2.24, 2.45) is 5.92 Å². The Kier molecular flexibility index (Phi) is 11.4. The van der Waals surface area contributed by atoms with Crippen LogP contribution >= 0.6 is 11.6 Å². The lowest BCUT2D eigenvalue weighted by Crippen LogP contribution is -2.50. The highest BCUT2D eigenvalue weighted by atomic mass is 35.5. The topological polar surface area (TPSA) is 120 Å². The van der Waals surface area contributed by atoms with Crippen molar-refractivity contribution in [2.45, 2.75) is 88.9 Å². The summed E-state index contributed by atoms with van der Waals surface area (Å²) >= 11 is 6.07.